The molecule has 5 heteroatoms. The van der Waals surface area contributed by atoms with Gasteiger partial charge in [-0.15, -0.1) is 0 Å². The zero-order chi connectivity index (χ0) is 13.7. The van der Waals surface area contributed by atoms with Crippen LogP contribution in [-0.4, -0.2) is 11.4 Å². The van der Waals surface area contributed by atoms with E-state index in [0.29, 0.717) is 0 Å². The first-order chi connectivity index (χ1) is 9.16. The summed E-state index contributed by atoms with van der Waals surface area (Å²) >= 11 is 0. The molecule has 0 bridgehead atoms. The van der Waals surface area contributed by atoms with Crippen LogP contribution in [0.4, 0.5) is 0 Å². The number of fused-ring (bicyclic) bond motifs is 1. The van der Waals surface area contributed by atoms with Gasteiger partial charge in [0, 0.05) is 11.3 Å². The summed E-state index contributed by atoms with van der Waals surface area (Å²) in [6, 6.07) is 7.39. The van der Waals surface area contributed by atoms with Crippen molar-refractivity contribution in [1.29, 1.82) is 0 Å². The molecule has 1 aromatic heterocycles. The lowest BCUT2D eigenvalue weighted by atomic mass is 10.2. The summed E-state index contributed by atoms with van der Waals surface area (Å²) in [6.45, 7) is 3.99. The monoisotopic (exact) mass is 258 g/mol. The highest BCUT2D eigenvalue weighted by Crippen LogP contribution is 1.95. The molecule has 1 unspecified atom stereocenters. The number of benzene rings is 1. The van der Waals surface area contributed by atoms with Crippen LogP contribution < -0.4 is 16.0 Å². The van der Waals surface area contributed by atoms with E-state index in [1.165, 1.54) is 17.9 Å². The van der Waals surface area contributed by atoms with Crippen LogP contribution in [0.1, 0.15) is 12.5 Å². The number of rotatable bonds is 0. The fraction of sp³-hybridized carbons (Fsp3) is 0.214. The molecule has 1 atom stereocenters. The molecule has 19 heavy (non-hydrogen) atoms. The third-order valence-electron chi connectivity index (χ3n) is 2.54. The Bertz CT molecular complexity index is 704. The van der Waals surface area contributed by atoms with Gasteiger partial charge >= 0.3 is 0 Å². The van der Waals surface area contributed by atoms with Gasteiger partial charge in [-0.3, -0.25) is 4.79 Å². The van der Waals surface area contributed by atoms with Crippen LogP contribution in [0.25, 0.3) is 6.26 Å². The highest BCUT2D eigenvalue weighted by Gasteiger charge is 2.02. The van der Waals surface area contributed by atoms with Crippen LogP contribution >= 0.6 is 0 Å². The topological polar surface area (TPSA) is 64.7 Å². The lowest BCUT2D eigenvalue weighted by Crippen LogP contribution is -2.33. The molecule has 0 saturated heterocycles. The lowest BCUT2D eigenvalue weighted by molar-refractivity contribution is 0.198. The van der Waals surface area contributed by atoms with Crippen LogP contribution in [-0.2, 0) is 4.74 Å². The van der Waals surface area contributed by atoms with Crippen molar-refractivity contribution in [3.63, 3.8) is 0 Å². The number of aromatic nitrogens is 1. The minimum atomic E-state index is -0.133. The van der Waals surface area contributed by atoms with Crippen molar-refractivity contribution in [3.8, 4) is 0 Å². The molecule has 1 aliphatic rings. The first kappa shape index (κ1) is 13.0. The smallest absolute Gasteiger partial charge is 0.203 e. The van der Waals surface area contributed by atoms with Crippen molar-refractivity contribution in [2.45, 2.75) is 20.1 Å². The SMILES string of the molecule is Cc1cccc2c1=COC(C)N=2.O=c1cconc1. The maximum Gasteiger partial charge on any atom is 0.203 e. The van der Waals surface area contributed by atoms with E-state index < -0.39 is 0 Å². The summed E-state index contributed by atoms with van der Waals surface area (Å²) in [7, 11) is 0. The predicted molar refractivity (Wildman–Crippen MR) is 69.7 cm³/mol. The molecule has 3 rings (SSSR count). The minimum absolute atomic E-state index is 0.0423. The number of aryl methyl sites for hydroxylation is 1. The van der Waals surface area contributed by atoms with Crippen molar-refractivity contribution >= 4 is 6.26 Å². The molecule has 0 spiro atoms. The average Bonchev–Trinajstić information content (AvgIpc) is 2.40. The fourth-order valence-electron chi connectivity index (χ4n) is 1.58. The minimum Gasteiger partial charge on any atom is -0.476 e. The zero-order valence-electron chi connectivity index (χ0n) is 10.7. The third kappa shape index (κ3) is 3.51. The summed E-state index contributed by atoms with van der Waals surface area (Å²) in [6.07, 6.45) is 4.10. The first-order valence-electron chi connectivity index (χ1n) is 5.85. The largest absolute Gasteiger partial charge is 0.476 e. The Labute approximate surface area is 109 Å². The summed E-state index contributed by atoms with van der Waals surface area (Å²) in [5, 5.41) is 5.34. The molecule has 0 saturated carbocycles. The van der Waals surface area contributed by atoms with Crippen molar-refractivity contribution in [2.75, 3.05) is 0 Å². The highest BCUT2D eigenvalue weighted by molar-refractivity contribution is 5.25. The Morgan fingerprint density at radius 2 is 2.11 bits per heavy atom. The number of nitrogens with zero attached hydrogens (tertiary/aromatic N) is 2. The van der Waals surface area contributed by atoms with Crippen molar-refractivity contribution < 1.29 is 9.26 Å². The molecule has 0 fully saturated rings. The molecule has 0 N–H and O–H groups in total. The van der Waals surface area contributed by atoms with Crippen molar-refractivity contribution in [1.82, 2.24) is 5.16 Å². The Balaban J connectivity index is 0.000000163. The molecule has 0 amide bonds. The second-order valence-electron chi connectivity index (χ2n) is 4.04. The van der Waals surface area contributed by atoms with Crippen molar-refractivity contribution in [2.24, 2.45) is 4.99 Å². The zero-order valence-corrected chi connectivity index (χ0v) is 10.7. The van der Waals surface area contributed by atoms with E-state index in [1.54, 1.807) is 6.26 Å². The summed E-state index contributed by atoms with van der Waals surface area (Å²) in [5.41, 5.74) is 1.08. The second kappa shape index (κ2) is 5.95. The van der Waals surface area contributed by atoms with Gasteiger partial charge in [-0.1, -0.05) is 17.3 Å². The van der Waals surface area contributed by atoms with Crippen LogP contribution in [0.15, 0.2) is 51.0 Å². The Kier molecular flexibility index (Phi) is 4.07. The van der Waals surface area contributed by atoms with E-state index in [2.05, 4.69) is 27.7 Å². The molecule has 2 heterocycles. The molecular formula is C14H14N2O3. The molecular weight excluding hydrogens is 244 g/mol. The molecule has 0 aliphatic carbocycles. The van der Waals surface area contributed by atoms with Crippen LogP contribution in [0.3, 0.4) is 0 Å². The standard InChI is InChI=1S/C10H11NO.C4H3NO2/c1-7-4-3-5-10-9(7)6-12-8(2)11-10;6-4-1-2-7-5-3-4/h3-6,8H,1-2H3;1-3H. The van der Waals surface area contributed by atoms with E-state index in [9.17, 15) is 4.79 Å². The van der Waals surface area contributed by atoms with E-state index in [1.807, 2.05) is 19.1 Å². The van der Waals surface area contributed by atoms with Gasteiger partial charge in [0.1, 0.15) is 12.5 Å². The molecule has 0 radical (unpaired) electrons. The maximum absolute atomic E-state index is 10.1. The molecule has 5 nitrogen and oxygen atoms in total. The predicted octanol–water partition coefficient (Wildman–Crippen LogP) is 0.764. The molecule has 1 aromatic carbocycles. The van der Waals surface area contributed by atoms with E-state index >= 15 is 0 Å². The number of hydrogen-bond acceptors (Lipinski definition) is 5. The first-order valence-corrected chi connectivity index (χ1v) is 5.85. The Morgan fingerprint density at radius 1 is 1.26 bits per heavy atom. The molecule has 1 aliphatic heterocycles. The fourth-order valence-corrected chi connectivity index (χ4v) is 1.58. The van der Waals surface area contributed by atoms with E-state index in [-0.39, 0.29) is 11.7 Å². The highest BCUT2D eigenvalue weighted by atomic mass is 16.5. The third-order valence-corrected chi connectivity index (χ3v) is 2.54. The maximum atomic E-state index is 10.1. The van der Waals surface area contributed by atoms with E-state index in [4.69, 9.17) is 4.74 Å². The van der Waals surface area contributed by atoms with Gasteiger partial charge in [0.25, 0.3) is 0 Å². The van der Waals surface area contributed by atoms with E-state index in [0.717, 1.165) is 16.8 Å². The summed E-state index contributed by atoms with van der Waals surface area (Å²) in [5.74, 6) is 0. The van der Waals surface area contributed by atoms with Crippen LogP contribution in [0, 0.1) is 6.92 Å². The lowest BCUT2D eigenvalue weighted by Gasteiger charge is -2.10. The average molecular weight is 258 g/mol. The van der Waals surface area contributed by atoms with Gasteiger partial charge in [0.15, 0.2) is 6.23 Å². The number of ether oxygens (including phenoxy) is 1. The summed E-state index contributed by atoms with van der Waals surface area (Å²) in [4.78, 5) is 14.5. The van der Waals surface area contributed by atoms with Gasteiger partial charge in [0.2, 0.25) is 5.43 Å². The molecule has 98 valence electrons. The summed E-state index contributed by atoms with van der Waals surface area (Å²) < 4.78 is 9.60. The second-order valence-corrected chi connectivity index (χ2v) is 4.04. The van der Waals surface area contributed by atoms with Gasteiger partial charge < -0.3 is 9.26 Å². The number of hydrogen-bond donors (Lipinski definition) is 0. The Hall–Kier alpha value is -2.43. The van der Waals surface area contributed by atoms with Crippen LogP contribution in [0.5, 0.6) is 0 Å². The van der Waals surface area contributed by atoms with Crippen LogP contribution in [0.2, 0.25) is 0 Å². The molecule has 2 aromatic rings. The van der Waals surface area contributed by atoms with Gasteiger partial charge in [-0.05, 0) is 25.5 Å². The normalized spacial score (nSPS) is 15.8. The van der Waals surface area contributed by atoms with Crippen molar-refractivity contribution in [3.05, 3.63) is 63.1 Å². The Morgan fingerprint density at radius 3 is 2.74 bits per heavy atom. The van der Waals surface area contributed by atoms with Gasteiger partial charge in [-0.25, -0.2) is 4.99 Å². The quantitative estimate of drug-likeness (QED) is 0.700. The van der Waals surface area contributed by atoms with Gasteiger partial charge in [-0.2, -0.15) is 0 Å². The van der Waals surface area contributed by atoms with Gasteiger partial charge in [0.05, 0.1) is 11.6 Å².